The molecule has 1 aliphatic heterocycles. The third kappa shape index (κ3) is 5.10. The zero-order valence-electron chi connectivity index (χ0n) is 21.6. The van der Waals surface area contributed by atoms with Crippen molar-refractivity contribution in [2.75, 3.05) is 32.8 Å². The van der Waals surface area contributed by atoms with E-state index in [1.54, 1.807) is 30.4 Å². The molecule has 0 fully saturated rings. The largest absolute Gasteiger partial charge is 0.330 e. The van der Waals surface area contributed by atoms with Gasteiger partial charge in [-0.1, -0.05) is 24.3 Å². The zero-order valence-corrected chi connectivity index (χ0v) is 21.6. The third-order valence-electron chi connectivity index (χ3n) is 6.32. The van der Waals surface area contributed by atoms with Gasteiger partial charge in [0.15, 0.2) is 0 Å². The van der Waals surface area contributed by atoms with E-state index in [-0.39, 0.29) is 12.1 Å². The molecular weight excluding hydrogens is 480 g/mol. The molecule has 3 N–H and O–H groups in total. The molecule has 0 spiro atoms. The van der Waals surface area contributed by atoms with E-state index in [0.29, 0.717) is 29.7 Å². The van der Waals surface area contributed by atoms with Crippen molar-refractivity contribution in [3.63, 3.8) is 0 Å². The number of fused-ring (bicyclic) bond motifs is 1. The molecule has 192 valence electrons. The van der Waals surface area contributed by atoms with Gasteiger partial charge in [0.2, 0.25) is 5.95 Å². The molecule has 2 aromatic heterocycles. The van der Waals surface area contributed by atoms with Gasteiger partial charge in [-0.3, -0.25) is 14.8 Å². The topological polar surface area (TPSA) is 115 Å². The molecule has 0 saturated heterocycles. The predicted molar refractivity (Wildman–Crippen MR) is 149 cm³/mol. The molecule has 1 aliphatic rings. The number of urea groups is 2. The molecule has 3 heterocycles. The van der Waals surface area contributed by atoms with Crippen LogP contribution in [0.2, 0.25) is 0 Å². The maximum absolute atomic E-state index is 13.4. The van der Waals surface area contributed by atoms with Crippen LogP contribution in [-0.2, 0) is 6.54 Å². The Hall–Kier alpha value is -4.99. The third-order valence-corrected chi connectivity index (χ3v) is 6.32. The van der Waals surface area contributed by atoms with Crippen molar-refractivity contribution >= 4 is 46.6 Å². The monoisotopic (exact) mass is 508 g/mol. The fraction of sp³-hybridized carbons (Fsp3) is 0.179. The van der Waals surface area contributed by atoms with Gasteiger partial charge in [0.1, 0.15) is 5.82 Å². The van der Waals surface area contributed by atoms with E-state index in [4.69, 9.17) is 0 Å². The molecule has 10 nitrogen and oxygen atoms in total. The van der Waals surface area contributed by atoms with Crippen molar-refractivity contribution in [1.82, 2.24) is 15.0 Å². The second kappa shape index (κ2) is 10.2. The van der Waals surface area contributed by atoms with Crippen LogP contribution in [0.1, 0.15) is 22.4 Å². The molecule has 0 unspecified atom stereocenters. The predicted octanol–water partition coefficient (Wildman–Crippen LogP) is 5.76. The lowest BCUT2D eigenvalue weighted by molar-refractivity contribution is 0.251. The molecule has 2 aromatic carbocycles. The second-order valence-corrected chi connectivity index (χ2v) is 9.18. The lowest BCUT2D eigenvalue weighted by Gasteiger charge is -2.35. The molecule has 38 heavy (non-hydrogen) atoms. The highest BCUT2D eigenvalue weighted by atomic mass is 16.2. The second-order valence-electron chi connectivity index (χ2n) is 9.18. The number of rotatable bonds is 5. The van der Waals surface area contributed by atoms with Crippen LogP contribution in [0.5, 0.6) is 0 Å². The van der Waals surface area contributed by atoms with E-state index >= 15 is 0 Å². The van der Waals surface area contributed by atoms with Gasteiger partial charge >= 0.3 is 12.1 Å². The SMILES string of the molecule is Cc1ccc(Nc2ncc3c(n2)N(C)C(=O)N(c2cc(NC(=O)Nc4ccccc4C)ccc2C)C3)cn1. The summed E-state index contributed by atoms with van der Waals surface area (Å²) in [5, 5.41) is 8.86. The van der Waals surface area contributed by atoms with E-state index in [0.717, 1.165) is 33.8 Å². The van der Waals surface area contributed by atoms with E-state index < -0.39 is 0 Å². The number of amides is 4. The van der Waals surface area contributed by atoms with Crippen LogP contribution < -0.4 is 25.8 Å². The minimum atomic E-state index is -0.362. The molecule has 5 rings (SSSR count). The molecule has 0 atom stereocenters. The van der Waals surface area contributed by atoms with Gasteiger partial charge in [-0.25, -0.2) is 14.6 Å². The summed E-state index contributed by atoms with van der Waals surface area (Å²) in [6.07, 6.45) is 3.43. The van der Waals surface area contributed by atoms with Crippen LogP contribution >= 0.6 is 0 Å². The van der Waals surface area contributed by atoms with Crippen molar-refractivity contribution in [3.8, 4) is 0 Å². The van der Waals surface area contributed by atoms with Crippen LogP contribution in [0.15, 0.2) is 67.0 Å². The summed E-state index contributed by atoms with van der Waals surface area (Å²) in [6.45, 7) is 6.07. The Labute approximate surface area is 220 Å². The highest BCUT2D eigenvalue weighted by Crippen LogP contribution is 2.33. The maximum Gasteiger partial charge on any atom is 0.330 e. The van der Waals surface area contributed by atoms with Crippen LogP contribution in [0.4, 0.5) is 44.1 Å². The lowest BCUT2D eigenvalue weighted by Crippen LogP contribution is -2.46. The summed E-state index contributed by atoms with van der Waals surface area (Å²) < 4.78 is 0. The summed E-state index contributed by atoms with van der Waals surface area (Å²) in [5.74, 6) is 0.915. The summed E-state index contributed by atoms with van der Waals surface area (Å²) in [6, 6.07) is 16.2. The van der Waals surface area contributed by atoms with Crippen molar-refractivity contribution in [2.45, 2.75) is 27.3 Å². The van der Waals surface area contributed by atoms with Gasteiger partial charge in [0.05, 0.1) is 24.1 Å². The number of para-hydroxylation sites is 1. The first-order chi connectivity index (χ1) is 18.3. The number of carbonyl (C=O) groups excluding carboxylic acids is 2. The number of hydrogen-bond donors (Lipinski definition) is 3. The summed E-state index contributed by atoms with van der Waals surface area (Å²) in [7, 11) is 1.69. The summed E-state index contributed by atoms with van der Waals surface area (Å²) in [4.78, 5) is 42.5. The lowest BCUT2D eigenvalue weighted by atomic mass is 10.1. The number of anilines is 6. The number of benzene rings is 2. The number of carbonyl (C=O) groups is 2. The minimum absolute atomic E-state index is 0.233. The number of aryl methyl sites for hydroxylation is 3. The molecule has 0 saturated carbocycles. The van der Waals surface area contributed by atoms with Crippen LogP contribution in [-0.4, -0.2) is 34.1 Å². The number of aromatic nitrogens is 3. The smallest absolute Gasteiger partial charge is 0.323 e. The molecule has 4 aromatic rings. The van der Waals surface area contributed by atoms with E-state index in [1.165, 1.54) is 4.90 Å². The highest BCUT2D eigenvalue weighted by molar-refractivity contribution is 6.06. The number of nitrogens with one attached hydrogen (secondary N) is 3. The normalized spacial score (nSPS) is 12.7. The first kappa shape index (κ1) is 24.7. The minimum Gasteiger partial charge on any atom is -0.323 e. The molecule has 0 aliphatic carbocycles. The van der Waals surface area contributed by atoms with Crippen molar-refractivity contribution < 1.29 is 9.59 Å². The highest BCUT2D eigenvalue weighted by Gasteiger charge is 2.31. The Morgan fingerprint density at radius 3 is 2.45 bits per heavy atom. The fourth-order valence-corrected chi connectivity index (χ4v) is 4.20. The molecule has 4 amide bonds. The number of nitrogens with zero attached hydrogens (tertiary/aromatic N) is 5. The number of pyridine rings is 1. The Bertz CT molecular complexity index is 1520. The van der Waals surface area contributed by atoms with Crippen LogP contribution in [0.3, 0.4) is 0 Å². The maximum atomic E-state index is 13.4. The van der Waals surface area contributed by atoms with Crippen molar-refractivity contribution in [2.24, 2.45) is 0 Å². The van der Waals surface area contributed by atoms with E-state index in [9.17, 15) is 9.59 Å². The van der Waals surface area contributed by atoms with Crippen LogP contribution in [0.25, 0.3) is 0 Å². The van der Waals surface area contributed by atoms with Gasteiger partial charge in [-0.2, -0.15) is 4.98 Å². The molecule has 10 heteroatoms. The standard InChI is InChI=1S/C28H28N8O2/c1-17-7-5-6-8-23(17)33-27(37)32-21-11-9-18(2)24(13-21)36-16-20-14-30-26(34-25(20)35(4)28(36)38)31-22-12-10-19(3)29-15-22/h5-15H,16H2,1-4H3,(H,30,31,34)(H2,32,33,37). The average Bonchev–Trinajstić information content (AvgIpc) is 2.90. The van der Waals surface area contributed by atoms with Gasteiger partial charge in [0, 0.05) is 35.9 Å². The van der Waals surface area contributed by atoms with E-state index in [2.05, 4.69) is 30.9 Å². The van der Waals surface area contributed by atoms with Crippen LogP contribution in [0, 0.1) is 20.8 Å². The van der Waals surface area contributed by atoms with Crippen molar-refractivity contribution in [3.05, 3.63) is 89.4 Å². The molecule has 0 radical (unpaired) electrons. The van der Waals surface area contributed by atoms with Gasteiger partial charge in [0.25, 0.3) is 0 Å². The summed E-state index contributed by atoms with van der Waals surface area (Å²) >= 11 is 0. The van der Waals surface area contributed by atoms with Crippen molar-refractivity contribution in [1.29, 1.82) is 0 Å². The average molecular weight is 509 g/mol. The van der Waals surface area contributed by atoms with Gasteiger partial charge in [-0.15, -0.1) is 0 Å². The first-order valence-corrected chi connectivity index (χ1v) is 12.1. The first-order valence-electron chi connectivity index (χ1n) is 12.1. The quantitative estimate of drug-likeness (QED) is 0.316. The Morgan fingerprint density at radius 2 is 1.68 bits per heavy atom. The fourth-order valence-electron chi connectivity index (χ4n) is 4.20. The Morgan fingerprint density at radius 1 is 0.895 bits per heavy atom. The number of hydrogen-bond acceptors (Lipinski definition) is 6. The summed E-state index contributed by atoms with van der Waals surface area (Å²) in [5.41, 5.74) is 6.32. The Balaban J connectivity index is 1.35. The Kier molecular flexibility index (Phi) is 6.61. The zero-order chi connectivity index (χ0) is 26.8. The van der Waals surface area contributed by atoms with Gasteiger partial charge < -0.3 is 16.0 Å². The van der Waals surface area contributed by atoms with Gasteiger partial charge in [-0.05, 0) is 62.2 Å². The molecular formula is C28H28N8O2. The molecule has 0 bridgehead atoms. The van der Waals surface area contributed by atoms with E-state index in [1.807, 2.05) is 69.3 Å².